The minimum atomic E-state index is -0.386. The third kappa shape index (κ3) is 3.97. The molecule has 0 spiro atoms. The highest BCUT2D eigenvalue weighted by atomic mass is 16.5. The van der Waals surface area contributed by atoms with E-state index < -0.39 is 0 Å². The van der Waals surface area contributed by atoms with Crippen molar-refractivity contribution in [1.82, 2.24) is 20.4 Å². The van der Waals surface area contributed by atoms with Gasteiger partial charge in [0.1, 0.15) is 5.82 Å². The molecule has 0 atom stereocenters. The first kappa shape index (κ1) is 17.2. The Morgan fingerprint density at radius 3 is 2.74 bits per heavy atom. The predicted molar refractivity (Wildman–Crippen MR) is 101 cm³/mol. The fourth-order valence-electron chi connectivity index (χ4n) is 3.07. The van der Waals surface area contributed by atoms with Gasteiger partial charge in [-0.3, -0.25) is 4.79 Å². The van der Waals surface area contributed by atoms with E-state index in [0.717, 1.165) is 30.0 Å². The van der Waals surface area contributed by atoms with Crippen LogP contribution in [0, 0.1) is 6.92 Å². The minimum Gasteiger partial charge on any atom is -0.357 e. The molecule has 0 saturated carbocycles. The number of aryl methyl sites for hydroxylation is 1. The summed E-state index contributed by atoms with van der Waals surface area (Å²) in [6.07, 6.45) is 4.09. The molecular weight excluding hydrogens is 342 g/mol. The Hall–Kier alpha value is -3.22. The van der Waals surface area contributed by atoms with Gasteiger partial charge in [0.25, 0.3) is 0 Å². The summed E-state index contributed by atoms with van der Waals surface area (Å²) in [7, 11) is 0. The van der Waals surface area contributed by atoms with E-state index >= 15 is 0 Å². The van der Waals surface area contributed by atoms with E-state index in [2.05, 4.69) is 25.3 Å². The Labute approximate surface area is 157 Å². The molecule has 3 aromatic rings. The van der Waals surface area contributed by atoms with E-state index in [-0.39, 0.29) is 11.8 Å². The van der Waals surface area contributed by atoms with Gasteiger partial charge in [-0.25, -0.2) is 4.98 Å². The lowest BCUT2D eigenvalue weighted by atomic mass is 10.1. The van der Waals surface area contributed by atoms with Gasteiger partial charge in [0.15, 0.2) is 0 Å². The van der Waals surface area contributed by atoms with Gasteiger partial charge in [0, 0.05) is 31.4 Å². The summed E-state index contributed by atoms with van der Waals surface area (Å²) in [6, 6.07) is 11.7. The van der Waals surface area contributed by atoms with Gasteiger partial charge in [-0.2, -0.15) is 4.98 Å². The van der Waals surface area contributed by atoms with Gasteiger partial charge in [-0.15, -0.1) is 0 Å². The van der Waals surface area contributed by atoms with Crippen LogP contribution in [0.15, 0.2) is 47.1 Å². The second kappa shape index (κ2) is 7.57. The lowest BCUT2D eigenvalue weighted by Crippen LogP contribution is -2.23. The molecule has 1 N–H and O–H groups in total. The number of anilines is 1. The van der Waals surface area contributed by atoms with Crippen LogP contribution in [0.4, 0.5) is 5.82 Å². The maximum Gasteiger partial charge on any atom is 0.316 e. The Bertz CT molecular complexity index is 930. The molecule has 2 aromatic heterocycles. The predicted octanol–water partition coefficient (Wildman–Crippen LogP) is 2.97. The standard InChI is InChI=1S/C20H21N5O2/c1-14-4-6-15(7-5-14)13-22-19(26)20-23-18(24-27-20)16-8-9-21-17(12-16)25-10-2-3-11-25/h4-9,12H,2-3,10-11,13H2,1H3,(H,22,26). The molecule has 1 aliphatic heterocycles. The van der Waals surface area contributed by atoms with Crippen LogP contribution >= 0.6 is 0 Å². The normalized spacial score (nSPS) is 13.7. The summed E-state index contributed by atoms with van der Waals surface area (Å²) < 4.78 is 5.15. The first-order chi connectivity index (χ1) is 13.2. The smallest absolute Gasteiger partial charge is 0.316 e. The first-order valence-corrected chi connectivity index (χ1v) is 9.08. The van der Waals surface area contributed by atoms with Gasteiger partial charge in [-0.05, 0) is 37.5 Å². The topological polar surface area (TPSA) is 84.2 Å². The van der Waals surface area contributed by atoms with Gasteiger partial charge in [0.05, 0.1) is 0 Å². The molecule has 0 radical (unpaired) electrons. The fourth-order valence-corrected chi connectivity index (χ4v) is 3.07. The minimum absolute atomic E-state index is 0.0448. The number of aromatic nitrogens is 3. The molecule has 1 aliphatic rings. The van der Waals surface area contributed by atoms with E-state index in [1.807, 2.05) is 43.3 Å². The van der Waals surface area contributed by atoms with Crippen molar-refractivity contribution in [3.8, 4) is 11.4 Å². The number of pyridine rings is 1. The van der Waals surface area contributed by atoms with Gasteiger partial charge >= 0.3 is 11.8 Å². The zero-order chi connectivity index (χ0) is 18.6. The van der Waals surface area contributed by atoms with Crippen molar-refractivity contribution in [1.29, 1.82) is 0 Å². The quantitative estimate of drug-likeness (QED) is 0.750. The summed E-state index contributed by atoms with van der Waals surface area (Å²) in [5, 5.41) is 6.75. The maximum absolute atomic E-state index is 12.3. The number of rotatable bonds is 5. The Balaban J connectivity index is 1.44. The summed E-state index contributed by atoms with van der Waals surface area (Å²) in [4.78, 5) is 23.2. The molecule has 4 rings (SSSR count). The zero-order valence-electron chi connectivity index (χ0n) is 15.2. The number of hydrogen-bond donors (Lipinski definition) is 1. The van der Waals surface area contributed by atoms with Crippen molar-refractivity contribution >= 4 is 11.7 Å². The van der Waals surface area contributed by atoms with E-state index in [0.29, 0.717) is 12.4 Å². The molecule has 7 heteroatoms. The lowest BCUT2D eigenvalue weighted by Gasteiger charge is -2.16. The second-order valence-electron chi connectivity index (χ2n) is 6.69. The average molecular weight is 363 g/mol. The Kier molecular flexibility index (Phi) is 4.82. The fraction of sp³-hybridized carbons (Fsp3) is 0.300. The molecule has 1 fully saturated rings. The molecule has 138 valence electrons. The SMILES string of the molecule is Cc1ccc(CNC(=O)c2nc(-c3ccnc(N4CCCC4)c3)no2)cc1. The first-order valence-electron chi connectivity index (χ1n) is 9.08. The summed E-state index contributed by atoms with van der Waals surface area (Å²) >= 11 is 0. The summed E-state index contributed by atoms with van der Waals surface area (Å²) in [5.74, 6) is 0.860. The number of amides is 1. The number of hydrogen-bond acceptors (Lipinski definition) is 6. The lowest BCUT2D eigenvalue weighted by molar-refractivity contribution is 0.0907. The van der Waals surface area contributed by atoms with Gasteiger partial charge < -0.3 is 14.7 Å². The third-order valence-corrected chi connectivity index (χ3v) is 4.63. The molecule has 0 aliphatic carbocycles. The average Bonchev–Trinajstić information content (AvgIpc) is 3.39. The van der Waals surface area contributed by atoms with Crippen molar-refractivity contribution in [2.45, 2.75) is 26.3 Å². The molecule has 7 nitrogen and oxygen atoms in total. The molecule has 27 heavy (non-hydrogen) atoms. The molecule has 1 aromatic carbocycles. The molecule has 3 heterocycles. The van der Waals surface area contributed by atoms with E-state index in [1.165, 1.54) is 18.4 Å². The number of carbonyl (C=O) groups is 1. The summed E-state index contributed by atoms with van der Waals surface area (Å²) in [5.41, 5.74) is 2.98. The summed E-state index contributed by atoms with van der Waals surface area (Å²) in [6.45, 7) is 4.45. The van der Waals surface area contributed by atoms with E-state index in [4.69, 9.17) is 4.52 Å². The highest BCUT2D eigenvalue weighted by Gasteiger charge is 2.18. The second-order valence-corrected chi connectivity index (χ2v) is 6.69. The van der Waals surface area contributed by atoms with Gasteiger partial charge in [-0.1, -0.05) is 35.0 Å². The molecule has 1 amide bonds. The van der Waals surface area contributed by atoms with Crippen LogP contribution in [0.1, 0.15) is 34.7 Å². The van der Waals surface area contributed by atoms with Crippen LogP contribution in [0.25, 0.3) is 11.4 Å². The molecule has 0 unspecified atom stereocenters. The number of benzene rings is 1. The van der Waals surface area contributed by atoms with E-state index in [9.17, 15) is 4.79 Å². The van der Waals surface area contributed by atoms with Crippen LogP contribution in [0.3, 0.4) is 0 Å². The largest absolute Gasteiger partial charge is 0.357 e. The van der Waals surface area contributed by atoms with Crippen molar-refractivity contribution < 1.29 is 9.32 Å². The third-order valence-electron chi connectivity index (χ3n) is 4.63. The maximum atomic E-state index is 12.3. The van der Waals surface area contributed by atoms with Crippen LogP contribution < -0.4 is 10.2 Å². The van der Waals surface area contributed by atoms with Crippen molar-refractivity contribution in [3.05, 3.63) is 59.6 Å². The molecule has 1 saturated heterocycles. The van der Waals surface area contributed by atoms with E-state index in [1.54, 1.807) is 6.20 Å². The Morgan fingerprint density at radius 1 is 1.19 bits per heavy atom. The molecule has 0 bridgehead atoms. The highest BCUT2D eigenvalue weighted by molar-refractivity contribution is 5.89. The number of nitrogens with zero attached hydrogens (tertiary/aromatic N) is 4. The highest BCUT2D eigenvalue weighted by Crippen LogP contribution is 2.23. The number of carbonyl (C=O) groups excluding carboxylic acids is 1. The van der Waals surface area contributed by atoms with Gasteiger partial charge in [0.2, 0.25) is 5.82 Å². The van der Waals surface area contributed by atoms with Crippen molar-refractivity contribution in [2.75, 3.05) is 18.0 Å². The zero-order valence-corrected chi connectivity index (χ0v) is 15.2. The van der Waals surface area contributed by atoms with Crippen molar-refractivity contribution in [3.63, 3.8) is 0 Å². The van der Waals surface area contributed by atoms with Crippen molar-refractivity contribution in [2.24, 2.45) is 0 Å². The van der Waals surface area contributed by atoms with Crippen LogP contribution in [-0.2, 0) is 6.54 Å². The monoisotopic (exact) mass is 363 g/mol. The molecular formula is C20H21N5O2. The van der Waals surface area contributed by atoms with Crippen LogP contribution in [0.5, 0.6) is 0 Å². The Morgan fingerprint density at radius 2 is 1.96 bits per heavy atom. The van der Waals surface area contributed by atoms with Crippen LogP contribution in [-0.4, -0.2) is 34.1 Å². The van der Waals surface area contributed by atoms with Crippen LogP contribution in [0.2, 0.25) is 0 Å². The number of nitrogens with one attached hydrogen (secondary N) is 1.